The first kappa shape index (κ1) is 24.3. The van der Waals surface area contributed by atoms with Gasteiger partial charge in [-0.2, -0.15) is 5.10 Å². The van der Waals surface area contributed by atoms with E-state index >= 15 is 0 Å². The molecular formula is C29H26N4O3S. The lowest BCUT2D eigenvalue weighted by atomic mass is 10.1. The van der Waals surface area contributed by atoms with Gasteiger partial charge in [0.05, 0.1) is 24.1 Å². The number of aromatic nitrogens is 1. The third-order valence-corrected chi connectivity index (χ3v) is 6.38. The van der Waals surface area contributed by atoms with Gasteiger partial charge in [0.1, 0.15) is 18.1 Å². The van der Waals surface area contributed by atoms with Gasteiger partial charge in [-0.05, 0) is 60.5 Å². The van der Waals surface area contributed by atoms with Gasteiger partial charge in [-0.1, -0.05) is 42.5 Å². The van der Waals surface area contributed by atoms with E-state index in [0.29, 0.717) is 24.6 Å². The minimum atomic E-state index is -0.172. The van der Waals surface area contributed by atoms with Gasteiger partial charge in [-0.15, -0.1) is 11.3 Å². The summed E-state index contributed by atoms with van der Waals surface area (Å²) in [5.41, 5.74) is 5.39. The minimum Gasteiger partial charge on any atom is -0.489 e. The fourth-order valence-corrected chi connectivity index (χ4v) is 4.52. The number of hydrogen-bond donors (Lipinski definition) is 1. The zero-order valence-electron chi connectivity index (χ0n) is 20.4. The number of rotatable bonds is 8. The molecule has 1 aliphatic rings. The Morgan fingerprint density at radius 1 is 1.16 bits per heavy atom. The van der Waals surface area contributed by atoms with Crippen LogP contribution in [0, 0.1) is 0 Å². The van der Waals surface area contributed by atoms with Crippen molar-refractivity contribution in [1.29, 1.82) is 0 Å². The van der Waals surface area contributed by atoms with Crippen LogP contribution in [0.15, 0.2) is 100 Å². The van der Waals surface area contributed by atoms with E-state index in [2.05, 4.69) is 16.9 Å². The molecule has 5 rings (SSSR count). The molecule has 1 aromatic heterocycles. The Morgan fingerprint density at radius 2 is 1.97 bits per heavy atom. The van der Waals surface area contributed by atoms with Crippen LogP contribution in [0.5, 0.6) is 11.5 Å². The molecule has 0 aliphatic carbocycles. The number of carbonyl (C=O) groups is 1. The lowest BCUT2D eigenvalue weighted by molar-refractivity contribution is -0.118. The molecule has 0 bridgehead atoms. The van der Waals surface area contributed by atoms with Gasteiger partial charge < -0.3 is 14.8 Å². The lowest BCUT2D eigenvalue weighted by Crippen LogP contribution is -2.25. The number of fused-ring (bicyclic) bond motifs is 1. The Hall–Kier alpha value is -4.43. The summed E-state index contributed by atoms with van der Waals surface area (Å²) >= 11 is 1.50. The highest BCUT2D eigenvalue weighted by Crippen LogP contribution is 2.33. The van der Waals surface area contributed by atoms with Crippen LogP contribution < -0.4 is 19.6 Å². The third-order valence-electron chi connectivity index (χ3n) is 5.53. The second-order valence-electron chi connectivity index (χ2n) is 8.62. The lowest BCUT2D eigenvalue weighted by Gasteiger charge is -2.18. The molecule has 1 amide bonds. The van der Waals surface area contributed by atoms with Crippen molar-refractivity contribution in [3.8, 4) is 22.8 Å². The van der Waals surface area contributed by atoms with Crippen molar-refractivity contribution in [2.75, 3.05) is 18.5 Å². The summed E-state index contributed by atoms with van der Waals surface area (Å²) in [4.78, 5) is 17.2. The van der Waals surface area contributed by atoms with Crippen LogP contribution >= 0.6 is 11.3 Å². The summed E-state index contributed by atoms with van der Waals surface area (Å²) in [5.74, 6) is 1.27. The van der Waals surface area contributed by atoms with Crippen molar-refractivity contribution in [3.63, 3.8) is 0 Å². The van der Waals surface area contributed by atoms with Crippen LogP contribution in [-0.4, -0.2) is 29.9 Å². The van der Waals surface area contributed by atoms with Crippen LogP contribution in [0.1, 0.15) is 18.1 Å². The largest absolute Gasteiger partial charge is 0.489 e. The molecule has 37 heavy (non-hydrogen) atoms. The first-order valence-corrected chi connectivity index (χ1v) is 12.7. The number of ether oxygens (including phenoxy) is 2. The number of anilines is 1. The van der Waals surface area contributed by atoms with E-state index in [1.54, 1.807) is 10.9 Å². The van der Waals surface area contributed by atoms with Gasteiger partial charge in [0.25, 0.3) is 5.91 Å². The summed E-state index contributed by atoms with van der Waals surface area (Å²) in [6, 6.07) is 23.6. The number of nitrogens with zero attached hydrogens (tertiary/aromatic N) is 3. The molecule has 186 valence electrons. The predicted molar refractivity (Wildman–Crippen MR) is 147 cm³/mol. The molecule has 0 atom stereocenters. The van der Waals surface area contributed by atoms with E-state index in [1.807, 2.05) is 85.1 Å². The van der Waals surface area contributed by atoms with Crippen LogP contribution in [0.25, 0.3) is 11.3 Å². The van der Waals surface area contributed by atoms with Gasteiger partial charge in [-0.25, -0.2) is 4.68 Å². The topological polar surface area (TPSA) is 77.2 Å². The molecule has 7 nitrogen and oxygen atoms in total. The Morgan fingerprint density at radius 3 is 2.76 bits per heavy atom. The molecule has 0 saturated heterocycles. The number of nitrogens with one attached hydrogen (secondary N) is 1. The minimum absolute atomic E-state index is 0.0229. The second kappa shape index (κ2) is 11.1. The van der Waals surface area contributed by atoms with Gasteiger partial charge in [0.15, 0.2) is 6.61 Å². The molecule has 1 aliphatic heterocycles. The standard InChI is InChI=1S/C29H26N4O3S/c1-20(2)15-30-29-33(26(19-37-29)23-10-13-27-25(14-23)32-28(34)18-36-27)31-16-21-8-11-24(12-9-21)35-17-22-6-4-3-5-7-22/h3-14,16,19H,1,15,17-18H2,2H3,(H,32,34). The SMILES string of the molecule is C=C(C)CN=c1scc(-c2ccc3c(c2)NC(=O)CO3)n1N=Cc1ccc(OCc2ccccc2)cc1. The smallest absolute Gasteiger partial charge is 0.262 e. The maximum absolute atomic E-state index is 11.8. The normalized spacial score (nSPS) is 13.2. The summed E-state index contributed by atoms with van der Waals surface area (Å²) in [7, 11) is 0. The average Bonchev–Trinajstić information content (AvgIpc) is 3.33. The van der Waals surface area contributed by atoms with Gasteiger partial charge in [0.2, 0.25) is 4.80 Å². The van der Waals surface area contributed by atoms with Crippen molar-refractivity contribution < 1.29 is 14.3 Å². The fraction of sp³-hybridized carbons (Fsp3) is 0.138. The molecule has 0 unspecified atom stereocenters. The van der Waals surface area contributed by atoms with Crippen molar-refractivity contribution in [3.05, 3.63) is 106 Å². The maximum atomic E-state index is 11.8. The number of benzene rings is 3. The first-order valence-electron chi connectivity index (χ1n) is 11.8. The average molecular weight is 511 g/mol. The molecule has 3 aromatic carbocycles. The zero-order chi connectivity index (χ0) is 25.6. The number of hydrogen-bond acceptors (Lipinski definition) is 6. The van der Waals surface area contributed by atoms with E-state index in [0.717, 1.165) is 38.5 Å². The van der Waals surface area contributed by atoms with E-state index in [9.17, 15) is 4.79 Å². The number of carbonyl (C=O) groups excluding carboxylic acids is 1. The molecular weight excluding hydrogens is 484 g/mol. The Labute approximate surface area is 219 Å². The van der Waals surface area contributed by atoms with E-state index in [-0.39, 0.29) is 12.5 Å². The van der Waals surface area contributed by atoms with Gasteiger partial charge >= 0.3 is 0 Å². The number of thiazole rings is 1. The van der Waals surface area contributed by atoms with E-state index < -0.39 is 0 Å². The summed E-state index contributed by atoms with van der Waals surface area (Å²) in [6.45, 7) is 6.95. The van der Waals surface area contributed by atoms with Gasteiger partial charge in [0, 0.05) is 10.9 Å². The second-order valence-corrected chi connectivity index (χ2v) is 9.46. The molecule has 4 aromatic rings. The van der Waals surface area contributed by atoms with Gasteiger partial charge in [-0.3, -0.25) is 9.79 Å². The summed E-state index contributed by atoms with van der Waals surface area (Å²) < 4.78 is 13.2. The molecule has 1 N–H and O–H groups in total. The molecule has 2 heterocycles. The van der Waals surface area contributed by atoms with Crippen molar-refractivity contribution in [2.45, 2.75) is 13.5 Å². The molecule has 8 heteroatoms. The highest BCUT2D eigenvalue weighted by molar-refractivity contribution is 7.07. The van der Waals surface area contributed by atoms with E-state index in [1.165, 1.54) is 11.3 Å². The summed E-state index contributed by atoms with van der Waals surface area (Å²) in [5, 5.41) is 9.63. The Bertz CT molecular complexity index is 1520. The highest BCUT2D eigenvalue weighted by atomic mass is 32.1. The van der Waals surface area contributed by atoms with Crippen molar-refractivity contribution in [2.24, 2.45) is 10.1 Å². The monoisotopic (exact) mass is 510 g/mol. The Balaban J connectivity index is 1.40. The Kier molecular flexibility index (Phi) is 7.28. The van der Waals surface area contributed by atoms with Crippen LogP contribution in [0.2, 0.25) is 0 Å². The van der Waals surface area contributed by atoms with Crippen LogP contribution in [0.4, 0.5) is 5.69 Å². The molecule has 0 radical (unpaired) electrons. The molecule has 0 fully saturated rings. The van der Waals surface area contributed by atoms with Crippen LogP contribution in [-0.2, 0) is 11.4 Å². The fourth-order valence-electron chi connectivity index (χ4n) is 3.68. The summed E-state index contributed by atoms with van der Waals surface area (Å²) in [6.07, 6.45) is 1.79. The number of amides is 1. The molecule has 0 saturated carbocycles. The van der Waals surface area contributed by atoms with Crippen molar-refractivity contribution >= 4 is 29.1 Å². The maximum Gasteiger partial charge on any atom is 0.262 e. The molecule has 0 spiro atoms. The predicted octanol–water partition coefficient (Wildman–Crippen LogP) is 5.49. The third kappa shape index (κ3) is 6.05. The zero-order valence-corrected chi connectivity index (χ0v) is 21.2. The van der Waals surface area contributed by atoms with Crippen molar-refractivity contribution in [1.82, 2.24) is 4.68 Å². The quantitative estimate of drug-likeness (QED) is 0.252. The van der Waals surface area contributed by atoms with E-state index in [4.69, 9.17) is 14.6 Å². The van der Waals surface area contributed by atoms with Crippen LogP contribution in [0.3, 0.4) is 0 Å². The highest BCUT2D eigenvalue weighted by Gasteiger charge is 2.17. The first-order chi connectivity index (χ1) is 18.0.